The van der Waals surface area contributed by atoms with E-state index in [4.69, 9.17) is 16.7 Å². The number of halogens is 1. The minimum atomic E-state index is -3.51. The molecule has 2 aliphatic rings. The number of hydrogen-bond donors (Lipinski definition) is 2. The largest absolute Gasteiger partial charge is 0.481 e. The molecule has 4 unspecified atom stereocenters. The van der Waals surface area contributed by atoms with Crippen LogP contribution in [0.25, 0.3) is 6.08 Å². The lowest BCUT2D eigenvalue weighted by Gasteiger charge is -2.27. The Morgan fingerprint density at radius 3 is 2.64 bits per heavy atom. The zero-order valence-corrected chi connectivity index (χ0v) is 17.2. The topological polar surface area (TPSA) is 83.5 Å². The quantitative estimate of drug-likeness (QED) is 0.453. The average Bonchev–Trinajstić information content (AvgIpc) is 3.20. The molecular weight excluding hydrogens is 398 g/mol. The Kier molecular flexibility index (Phi) is 6.96. The average molecular weight is 424 g/mol. The summed E-state index contributed by atoms with van der Waals surface area (Å²) in [4.78, 5) is 10.6. The van der Waals surface area contributed by atoms with Gasteiger partial charge in [-0.2, -0.15) is 0 Å². The van der Waals surface area contributed by atoms with E-state index in [9.17, 15) is 13.2 Å². The molecule has 0 spiro atoms. The van der Waals surface area contributed by atoms with Crippen LogP contribution in [-0.4, -0.2) is 25.5 Å². The van der Waals surface area contributed by atoms with Crippen LogP contribution in [0, 0.1) is 17.8 Å². The maximum atomic E-state index is 12.5. The normalized spacial score (nSPS) is 27.2. The summed E-state index contributed by atoms with van der Waals surface area (Å²) < 4.78 is 27.8. The summed E-state index contributed by atoms with van der Waals surface area (Å²) in [7, 11) is -3.51. The number of nitrogens with one attached hydrogen (secondary N) is 1. The predicted molar refractivity (Wildman–Crippen MR) is 111 cm³/mol. The van der Waals surface area contributed by atoms with Gasteiger partial charge in [0.15, 0.2) is 0 Å². The molecule has 28 heavy (non-hydrogen) atoms. The first-order valence-electron chi connectivity index (χ1n) is 9.67. The molecule has 7 heteroatoms. The van der Waals surface area contributed by atoms with Crippen molar-refractivity contribution in [2.75, 3.05) is 0 Å². The van der Waals surface area contributed by atoms with Crippen LogP contribution in [0.2, 0.25) is 5.02 Å². The number of carboxylic acids is 1. The number of rotatable bonds is 9. The van der Waals surface area contributed by atoms with Gasteiger partial charge >= 0.3 is 5.97 Å². The van der Waals surface area contributed by atoms with Crippen LogP contribution in [0.5, 0.6) is 0 Å². The van der Waals surface area contributed by atoms with E-state index in [0.29, 0.717) is 29.2 Å². The maximum absolute atomic E-state index is 12.5. The minimum Gasteiger partial charge on any atom is -0.481 e. The van der Waals surface area contributed by atoms with Gasteiger partial charge in [-0.1, -0.05) is 35.9 Å². The zero-order valence-electron chi connectivity index (χ0n) is 15.6. The smallest absolute Gasteiger partial charge is 0.303 e. The molecular formula is C21H26ClNO4S. The number of hydrogen-bond acceptors (Lipinski definition) is 3. The second-order valence-electron chi connectivity index (χ2n) is 7.74. The number of aliphatic carboxylic acids is 1. The summed E-state index contributed by atoms with van der Waals surface area (Å²) in [5.74, 6) is 0.483. The van der Waals surface area contributed by atoms with Crippen molar-refractivity contribution in [2.45, 2.75) is 44.6 Å². The number of carbonyl (C=O) groups is 1. The van der Waals surface area contributed by atoms with Gasteiger partial charge in [0.2, 0.25) is 10.0 Å². The first-order chi connectivity index (χ1) is 13.3. The van der Waals surface area contributed by atoms with Crippen LogP contribution >= 0.6 is 11.6 Å². The number of carboxylic acid groups (broad SMARTS) is 1. The molecule has 4 atom stereocenters. The lowest BCUT2D eigenvalue weighted by molar-refractivity contribution is -0.137. The van der Waals surface area contributed by atoms with Crippen molar-refractivity contribution in [1.29, 1.82) is 0 Å². The van der Waals surface area contributed by atoms with Crippen LogP contribution in [0.15, 0.2) is 41.8 Å². The second-order valence-corrected chi connectivity index (χ2v) is 9.77. The highest BCUT2D eigenvalue weighted by atomic mass is 35.5. The highest BCUT2D eigenvalue weighted by Gasteiger charge is 2.46. The molecule has 2 fully saturated rings. The summed E-state index contributed by atoms with van der Waals surface area (Å²) in [6.07, 6.45) is 10.4. The summed E-state index contributed by atoms with van der Waals surface area (Å²) in [6, 6.07) is 6.97. The van der Waals surface area contributed by atoms with Crippen molar-refractivity contribution in [2.24, 2.45) is 17.8 Å². The van der Waals surface area contributed by atoms with Crippen molar-refractivity contribution < 1.29 is 18.3 Å². The van der Waals surface area contributed by atoms with Crippen LogP contribution < -0.4 is 4.72 Å². The highest BCUT2D eigenvalue weighted by molar-refractivity contribution is 7.92. The molecule has 0 aliphatic heterocycles. The van der Waals surface area contributed by atoms with E-state index in [1.807, 2.05) is 0 Å². The van der Waals surface area contributed by atoms with E-state index >= 15 is 0 Å². The summed E-state index contributed by atoms with van der Waals surface area (Å²) >= 11 is 5.85. The fourth-order valence-electron chi connectivity index (χ4n) is 4.40. The van der Waals surface area contributed by atoms with Gasteiger partial charge in [-0.25, -0.2) is 13.1 Å². The molecule has 5 nitrogen and oxygen atoms in total. The molecule has 0 saturated heterocycles. The van der Waals surface area contributed by atoms with Gasteiger partial charge in [0.1, 0.15) is 0 Å². The SMILES string of the molecule is O=C(O)CCCC=CC1CC2CC(NS(=O)(=O)C=Cc3ccc(Cl)cc3)C1C2. The van der Waals surface area contributed by atoms with Crippen LogP contribution in [-0.2, 0) is 14.8 Å². The standard InChI is InChI=1S/C21H26ClNO4S/c22-18-8-6-15(7-9-18)10-11-28(26,27)23-20-14-16-12-17(19(20)13-16)4-2-1-3-5-21(24)25/h2,4,6-11,16-17,19-20,23H,1,3,5,12-14H2,(H,24,25). The molecule has 2 bridgehead atoms. The van der Waals surface area contributed by atoms with Gasteiger partial charge in [0, 0.05) is 22.9 Å². The lowest BCUT2D eigenvalue weighted by atomic mass is 9.85. The van der Waals surface area contributed by atoms with Gasteiger partial charge in [0.05, 0.1) is 0 Å². The Bertz CT molecular complexity index is 848. The van der Waals surface area contributed by atoms with E-state index in [2.05, 4.69) is 16.9 Å². The first kappa shape index (κ1) is 21.1. The van der Waals surface area contributed by atoms with Crippen LogP contribution in [0.1, 0.15) is 44.1 Å². The fourth-order valence-corrected chi connectivity index (χ4v) is 5.63. The van der Waals surface area contributed by atoms with Crippen molar-refractivity contribution >= 4 is 33.7 Å². The van der Waals surface area contributed by atoms with Gasteiger partial charge in [-0.05, 0) is 73.6 Å². The Morgan fingerprint density at radius 1 is 1.21 bits per heavy atom. The molecule has 0 aromatic heterocycles. The Hall–Kier alpha value is -1.63. The van der Waals surface area contributed by atoms with Gasteiger partial charge in [-0.3, -0.25) is 4.79 Å². The van der Waals surface area contributed by atoms with Gasteiger partial charge in [0.25, 0.3) is 0 Å². The molecule has 1 aromatic rings. The van der Waals surface area contributed by atoms with Gasteiger partial charge < -0.3 is 5.11 Å². The zero-order chi connectivity index (χ0) is 20.1. The third kappa shape index (κ3) is 5.93. The van der Waals surface area contributed by atoms with Crippen LogP contribution in [0.4, 0.5) is 0 Å². The van der Waals surface area contributed by atoms with Crippen molar-refractivity contribution in [3.63, 3.8) is 0 Å². The van der Waals surface area contributed by atoms with Gasteiger partial charge in [-0.15, -0.1) is 0 Å². The third-order valence-corrected chi connectivity index (χ3v) is 7.01. The van der Waals surface area contributed by atoms with Crippen LogP contribution in [0.3, 0.4) is 0 Å². The first-order valence-corrected chi connectivity index (χ1v) is 11.6. The summed E-state index contributed by atoms with van der Waals surface area (Å²) in [6.45, 7) is 0. The maximum Gasteiger partial charge on any atom is 0.303 e. The van der Waals surface area contributed by atoms with E-state index in [0.717, 1.165) is 31.2 Å². The van der Waals surface area contributed by atoms with Crippen molar-refractivity contribution in [3.05, 3.63) is 52.4 Å². The second kappa shape index (κ2) is 9.25. The molecule has 3 rings (SSSR count). The molecule has 1 aromatic carbocycles. The highest BCUT2D eigenvalue weighted by Crippen LogP contribution is 2.49. The van der Waals surface area contributed by atoms with E-state index in [1.165, 1.54) is 5.41 Å². The lowest BCUT2D eigenvalue weighted by Crippen LogP contribution is -2.40. The Balaban J connectivity index is 1.54. The monoisotopic (exact) mass is 423 g/mol. The third-order valence-electron chi connectivity index (χ3n) is 5.64. The fraction of sp³-hybridized carbons (Fsp3) is 0.476. The Labute approximate surface area is 171 Å². The summed E-state index contributed by atoms with van der Waals surface area (Å²) in [5.41, 5.74) is 0.782. The molecule has 0 heterocycles. The van der Waals surface area contributed by atoms with Crippen molar-refractivity contribution in [3.8, 4) is 0 Å². The number of benzene rings is 1. The predicted octanol–water partition coefficient (Wildman–Crippen LogP) is 4.46. The number of allylic oxidation sites excluding steroid dienone is 2. The number of unbranched alkanes of at least 4 members (excludes halogenated alkanes) is 1. The van der Waals surface area contributed by atoms with E-state index < -0.39 is 16.0 Å². The molecule has 2 saturated carbocycles. The molecule has 2 N–H and O–H groups in total. The molecule has 0 radical (unpaired) electrons. The minimum absolute atomic E-state index is 0.0349. The molecule has 0 amide bonds. The Morgan fingerprint density at radius 2 is 1.96 bits per heavy atom. The molecule has 2 aliphatic carbocycles. The number of sulfonamides is 1. The van der Waals surface area contributed by atoms with E-state index in [-0.39, 0.29) is 12.5 Å². The van der Waals surface area contributed by atoms with Crippen molar-refractivity contribution in [1.82, 2.24) is 4.72 Å². The molecule has 152 valence electrons. The number of fused-ring (bicyclic) bond motifs is 2. The van der Waals surface area contributed by atoms with E-state index in [1.54, 1.807) is 30.3 Å². The summed E-state index contributed by atoms with van der Waals surface area (Å²) in [5, 5.41) is 10.5.